The molecule has 3 aromatic rings. The Kier molecular flexibility index (Phi) is 6.66. The molecule has 0 aliphatic heterocycles. The molecule has 0 amide bonds. The number of ether oxygens (including phenoxy) is 1. The normalized spacial score (nSPS) is 11.8. The number of carboxylic acid groups (broad SMARTS) is 1. The standard InChI is InChI=1S/C23H23FN2O4/c24-23-18(13-30-21-7-2-1-4-16(21)11-22(28)29)9-17(10-19(23)25)14-5-3-6-15(8-14)20(26)12-27/h1-10,20,27H,11-13,25-26H2,(H,28,29). The first-order valence-corrected chi connectivity index (χ1v) is 9.36. The molecule has 0 saturated heterocycles. The molecule has 0 spiro atoms. The summed E-state index contributed by atoms with van der Waals surface area (Å²) in [5.41, 5.74) is 14.7. The molecule has 0 fully saturated rings. The number of anilines is 1. The number of rotatable bonds is 8. The zero-order valence-electron chi connectivity index (χ0n) is 16.2. The number of hydrogen-bond acceptors (Lipinski definition) is 5. The Morgan fingerprint density at radius 2 is 1.80 bits per heavy atom. The number of halogens is 1. The van der Waals surface area contributed by atoms with Crippen molar-refractivity contribution < 1.29 is 24.1 Å². The zero-order valence-corrected chi connectivity index (χ0v) is 16.2. The lowest BCUT2D eigenvalue weighted by Gasteiger charge is -2.14. The van der Waals surface area contributed by atoms with Crippen LogP contribution in [0.1, 0.15) is 22.7 Å². The largest absolute Gasteiger partial charge is 0.488 e. The summed E-state index contributed by atoms with van der Waals surface area (Å²) in [6.07, 6.45) is -0.196. The summed E-state index contributed by atoms with van der Waals surface area (Å²) < 4.78 is 20.3. The molecule has 0 radical (unpaired) electrons. The number of nitrogen functional groups attached to an aromatic ring is 1. The van der Waals surface area contributed by atoms with Crippen LogP contribution >= 0.6 is 0 Å². The highest BCUT2D eigenvalue weighted by atomic mass is 19.1. The van der Waals surface area contributed by atoms with Gasteiger partial charge in [-0.3, -0.25) is 4.79 Å². The SMILES string of the molecule is Nc1cc(-c2cccc(C(N)CO)c2)cc(COc2ccccc2CC(=O)O)c1F. The predicted octanol–water partition coefficient (Wildman–Crippen LogP) is 3.27. The molecule has 0 heterocycles. The van der Waals surface area contributed by atoms with E-state index in [1.54, 1.807) is 42.5 Å². The van der Waals surface area contributed by atoms with Crippen molar-refractivity contribution in [2.45, 2.75) is 19.1 Å². The molecule has 1 atom stereocenters. The van der Waals surface area contributed by atoms with E-state index in [4.69, 9.17) is 21.3 Å². The second kappa shape index (κ2) is 9.39. The molecule has 0 aromatic heterocycles. The van der Waals surface area contributed by atoms with Crippen LogP contribution < -0.4 is 16.2 Å². The van der Waals surface area contributed by atoms with E-state index in [-0.39, 0.29) is 30.9 Å². The van der Waals surface area contributed by atoms with Gasteiger partial charge in [-0.05, 0) is 41.0 Å². The fraction of sp³-hybridized carbons (Fsp3) is 0.174. The second-order valence-electron chi connectivity index (χ2n) is 6.92. The van der Waals surface area contributed by atoms with Gasteiger partial charge in [0.25, 0.3) is 0 Å². The second-order valence-corrected chi connectivity index (χ2v) is 6.92. The Labute approximate surface area is 173 Å². The number of aliphatic carboxylic acids is 1. The van der Waals surface area contributed by atoms with E-state index in [0.717, 1.165) is 11.1 Å². The molecule has 0 bridgehead atoms. The summed E-state index contributed by atoms with van der Waals surface area (Å²) in [5, 5.41) is 18.3. The lowest BCUT2D eigenvalue weighted by Crippen LogP contribution is -2.14. The number of carboxylic acids is 1. The Balaban J connectivity index is 1.89. The van der Waals surface area contributed by atoms with E-state index in [0.29, 0.717) is 16.9 Å². The average molecular weight is 410 g/mol. The fourth-order valence-corrected chi connectivity index (χ4v) is 3.14. The van der Waals surface area contributed by atoms with Crippen molar-refractivity contribution in [2.75, 3.05) is 12.3 Å². The Hall–Kier alpha value is -3.42. The van der Waals surface area contributed by atoms with Crippen molar-refractivity contribution in [2.24, 2.45) is 5.73 Å². The minimum atomic E-state index is -0.982. The molecule has 6 nitrogen and oxygen atoms in total. The zero-order chi connectivity index (χ0) is 21.7. The van der Waals surface area contributed by atoms with Crippen LogP contribution in [0.5, 0.6) is 5.75 Å². The van der Waals surface area contributed by atoms with Gasteiger partial charge in [0, 0.05) is 11.1 Å². The summed E-state index contributed by atoms with van der Waals surface area (Å²) >= 11 is 0. The molecule has 6 N–H and O–H groups in total. The number of hydrogen-bond donors (Lipinski definition) is 4. The summed E-state index contributed by atoms with van der Waals surface area (Å²) in [6, 6.07) is 16.6. The van der Waals surface area contributed by atoms with Crippen molar-refractivity contribution in [1.29, 1.82) is 0 Å². The number of nitrogens with two attached hydrogens (primary N) is 2. The smallest absolute Gasteiger partial charge is 0.307 e. The van der Waals surface area contributed by atoms with E-state index in [9.17, 15) is 14.3 Å². The number of para-hydroxylation sites is 1. The summed E-state index contributed by atoms with van der Waals surface area (Å²) in [5.74, 6) is -1.19. The topological polar surface area (TPSA) is 119 Å². The Morgan fingerprint density at radius 1 is 1.03 bits per heavy atom. The van der Waals surface area contributed by atoms with Crippen LogP contribution in [0, 0.1) is 5.82 Å². The van der Waals surface area contributed by atoms with E-state index in [1.807, 2.05) is 12.1 Å². The van der Waals surface area contributed by atoms with Gasteiger partial charge in [-0.15, -0.1) is 0 Å². The lowest BCUT2D eigenvalue weighted by molar-refractivity contribution is -0.136. The van der Waals surface area contributed by atoms with Gasteiger partial charge < -0.3 is 26.4 Å². The molecule has 0 aliphatic rings. The molecule has 3 rings (SSSR count). The first-order valence-electron chi connectivity index (χ1n) is 9.36. The van der Waals surface area contributed by atoms with Gasteiger partial charge in [-0.25, -0.2) is 4.39 Å². The molecule has 7 heteroatoms. The van der Waals surface area contributed by atoms with Crippen LogP contribution in [0.15, 0.2) is 60.7 Å². The Morgan fingerprint density at radius 3 is 2.53 bits per heavy atom. The first-order chi connectivity index (χ1) is 14.4. The number of carbonyl (C=O) groups is 1. The van der Waals surface area contributed by atoms with Gasteiger partial charge in [0.1, 0.15) is 12.4 Å². The fourth-order valence-electron chi connectivity index (χ4n) is 3.14. The first kappa shape index (κ1) is 21.3. The Bertz CT molecular complexity index is 1060. The van der Waals surface area contributed by atoms with E-state index in [2.05, 4.69) is 0 Å². The van der Waals surface area contributed by atoms with Crippen LogP contribution in [-0.2, 0) is 17.8 Å². The molecule has 0 aliphatic carbocycles. The molecular weight excluding hydrogens is 387 g/mol. The van der Waals surface area contributed by atoms with Crippen LogP contribution in [0.2, 0.25) is 0 Å². The van der Waals surface area contributed by atoms with Crippen molar-refractivity contribution in [3.8, 4) is 16.9 Å². The van der Waals surface area contributed by atoms with Gasteiger partial charge in [-0.1, -0.05) is 36.4 Å². The maximum absolute atomic E-state index is 14.6. The quantitative estimate of drug-likeness (QED) is 0.423. The van der Waals surface area contributed by atoms with Gasteiger partial charge in [0.05, 0.1) is 24.8 Å². The minimum Gasteiger partial charge on any atom is -0.488 e. The van der Waals surface area contributed by atoms with Gasteiger partial charge in [0.15, 0.2) is 5.82 Å². The summed E-state index contributed by atoms with van der Waals surface area (Å²) in [6.45, 7) is -0.305. The molecule has 3 aromatic carbocycles. The third-order valence-electron chi connectivity index (χ3n) is 4.72. The van der Waals surface area contributed by atoms with E-state index < -0.39 is 17.8 Å². The van der Waals surface area contributed by atoms with Crippen LogP contribution in [-0.4, -0.2) is 22.8 Å². The molecular formula is C23H23FN2O4. The maximum atomic E-state index is 14.6. The van der Waals surface area contributed by atoms with E-state index in [1.165, 1.54) is 6.07 Å². The van der Waals surface area contributed by atoms with Gasteiger partial charge >= 0.3 is 5.97 Å². The van der Waals surface area contributed by atoms with Crippen LogP contribution in [0.3, 0.4) is 0 Å². The van der Waals surface area contributed by atoms with Crippen molar-refractivity contribution in [3.05, 3.63) is 83.2 Å². The highest BCUT2D eigenvalue weighted by Gasteiger charge is 2.14. The molecule has 30 heavy (non-hydrogen) atoms. The van der Waals surface area contributed by atoms with E-state index >= 15 is 0 Å². The van der Waals surface area contributed by atoms with Crippen molar-refractivity contribution >= 4 is 11.7 Å². The monoisotopic (exact) mass is 410 g/mol. The van der Waals surface area contributed by atoms with Crippen molar-refractivity contribution in [1.82, 2.24) is 0 Å². The summed E-state index contributed by atoms with van der Waals surface area (Å²) in [7, 11) is 0. The highest BCUT2D eigenvalue weighted by Crippen LogP contribution is 2.29. The predicted molar refractivity (Wildman–Crippen MR) is 112 cm³/mol. The van der Waals surface area contributed by atoms with Crippen molar-refractivity contribution in [3.63, 3.8) is 0 Å². The van der Waals surface area contributed by atoms with Crippen LogP contribution in [0.4, 0.5) is 10.1 Å². The number of benzene rings is 3. The maximum Gasteiger partial charge on any atom is 0.307 e. The van der Waals surface area contributed by atoms with Crippen LogP contribution in [0.25, 0.3) is 11.1 Å². The number of aliphatic hydroxyl groups is 1. The minimum absolute atomic E-state index is 0.0261. The molecule has 0 saturated carbocycles. The van der Waals surface area contributed by atoms with Gasteiger partial charge in [0.2, 0.25) is 0 Å². The number of aliphatic hydroxyl groups excluding tert-OH is 1. The lowest BCUT2D eigenvalue weighted by atomic mass is 9.98. The summed E-state index contributed by atoms with van der Waals surface area (Å²) in [4.78, 5) is 11.0. The molecule has 1 unspecified atom stereocenters. The average Bonchev–Trinajstić information content (AvgIpc) is 2.74. The third-order valence-corrected chi connectivity index (χ3v) is 4.72. The highest BCUT2D eigenvalue weighted by molar-refractivity contribution is 5.71. The molecule has 156 valence electrons. The van der Waals surface area contributed by atoms with Gasteiger partial charge in [-0.2, -0.15) is 0 Å². The third kappa shape index (κ3) is 4.94.